The molecule has 1 amide bonds. The number of hydrogen-bond acceptors (Lipinski definition) is 4. The van der Waals surface area contributed by atoms with Crippen LogP contribution in [0.2, 0.25) is 0 Å². The molecule has 0 radical (unpaired) electrons. The molecule has 4 rings (SSSR count). The van der Waals surface area contributed by atoms with Crippen LogP contribution in [0.15, 0.2) is 88.2 Å². The number of nitrogens with zero attached hydrogens (tertiary/aromatic N) is 1. The first-order valence-corrected chi connectivity index (χ1v) is 12.1. The summed E-state index contributed by atoms with van der Waals surface area (Å²) in [4.78, 5) is 18.0. The van der Waals surface area contributed by atoms with Gasteiger partial charge in [-0.3, -0.25) is 9.00 Å². The molecular formula is C27H26N2O3S. The van der Waals surface area contributed by atoms with Crippen LogP contribution < -0.4 is 5.32 Å². The normalized spacial score (nSPS) is 12.8. The van der Waals surface area contributed by atoms with Gasteiger partial charge in [-0.05, 0) is 62.7 Å². The second-order valence-corrected chi connectivity index (χ2v) is 9.46. The third-order valence-corrected chi connectivity index (χ3v) is 6.82. The molecule has 0 fully saturated rings. The predicted octanol–water partition coefficient (Wildman–Crippen LogP) is 5.76. The van der Waals surface area contributed by atoms with Crippen LogP contribution in [-0.2, 0) is 16.6 Å². The molecule has 0 bridgehead atoms. The fourth-order valence-corrected chi connectivity index (χ4v) is 4.57. The zero-order chi connectivity index (χ0) is 23.4. The van der Waals surface area contributed by atoms with Crippen molar-refractivity contribution in [1.29, 1.82) is 0 Å². The third kappa shape index (κ3) is 5.46. The van der Waals surface area contributed by atoms with Crippen molar-refractivity contribution in [1.82, 2.24) is 10.3 Å². The average Bonchev–Trinajstić information content (AvgIpc) is 3.20. The van der Waals surface area contributed by atoms with Crippen LogP contribution in [0.5, 0.6) is 0 Å². The Labute approximate surface area is 196 Å². The number of aromatic nitrogens is 1. The second kappa shape index (κ2) is 9.96. The van der Waals surface area contributed by atoms with Gasteiger partial charge in [0.2, 0.25) is 5.89 Å². The van der Waals surface area contributed by atoms with E-state index < -0.39 is 10.8 Å². The average molecular weight is 459 g/mol. The molecule has 0 saturated carbocycles. The zero-order valence-corrected chi connectivity index (χ0v) is 19.7. The molecule has 1 heterocycles. The highest BCUT2D eigenvalue weighted by Crippen LogP contribution is 2.24. The Balaban J connectivity index is 1.44. The molecule has 0 aliphatic carbocycles. The minimum absolute atomic E-state index is 0.0928. The number of benzene rings is 3. The number of aryl methyl sites for hydroxylation is 2. The van der Waals surface area contributed by atoms with E-state index in [1.54, 1.807) is 12.1 Å². The van der Waals surface area contributed by atoms with Crippen molar-refractivity contribution < 1.29 is 13.4 Å². The molecule has 6 heteroatoms. The van der Waals surface area contributed by atoms with Crippen molar-refractivity contribution >= 4 is 16.7 Å². The fraction of sp³-hybridized carbons (Fsp3) is 0.185. The van der Waals surface area contributed by atoms with Crippen molar-refractivity contribution in [3.63, 3.8) is 0 Å². The van der Waals surface area contributed by atoms with E-state index in [-0.39, 0.29) is 17.7 Å². The van der Waals surface area contributed by atoms with Crippen LogP contribution in [0.4, 0.5) is 0 Å². The van der Waals surface area contributed by atoms with Crippen molar-refractivity contribution in [3.8, 4) is 11.5 Å². The van der Waals surface area contributed by atoms with Crippen molar-refractivity contribution in [2.75, 3.05) is 0 Å². The summed E-state index contributed by atoms with van der Waals surface area (Å²) in [6.07, 6.45) is 0. The quantitative estimate of drug-likeness (QED) is 0.382. The number of carbonyl (C=O) groups excluding carboxylic acids is 1. The Kier molecular flexibility index (Phi) is 6.84. The maximum Gasteiger partial charge on any atom is 0.251 e. The lowest BCUT2D eigenvalue weighted by Crippen LogP contribution is -2.26. The number of amides is 1. The van der Waals surface area contributed by atoms with Gasteiger partial charge in [0.1, 0.15) is 5.76 Å². The summed E-state index contributed by atoms with van der Waals surface area (Å²) in [6, 6.07) is 24.5. The summed E-state index contributed by atoms with van der Waals surface area (Å²) in [5.41, 5.74) is 4.17. The molecule has 1 aromatic heterocycles. The van der Waals surface area contributed by atoms with E-state index in [0.717, 1.165) is 21.6 Å². The highest BCUT2D eigenvalue weighted by Gasteiger charge is 2.16. The summed E-state index contributed by atoms with van der Waals surface area (Å²) < 4.78 is 18.6. The maximum atomic E-state index is 12.7. The lowest BCUT2D eigenvalue weighted by atomic mass is 10.1. The molecule has 33 heavy (non-hydrogen) atoms. The largest absolute Gasteiger partial charge is 0.441 e. The minimum atomic E-state index is -1.20. The molecule has 3 aromatic carbocycles. The molecule has 0 aliphatic heterocycles. The SMILES string of the molecule is Cc1ccc([S@@](=O)Cc2nc(-c3ccc(C(=O)N[C@H](C)c4ccccc4)cc3)oc2C)cc1. The van der Waals surface area contributed by atoms with Crippen LogP contribution >= 0.6 is 0 Å². The Morgan fingerprint density at radius 3 is 2.30 bits per heavy atom. The van der Waals surface area contributed by atoms with Gasteiger partial charge in [0.05, 0.1) is 28.3 Å². The molecule has 0 aliphatic rings. The van der Waals surface area contributed by atoms with Gasteiger partial charge in [-0.25, -0.2) is 4.98 Å². The molecule has 0 spiro atoms. The number of rotatable bonds is 7. The first kappa shape index (κ1) is 22.7. The molecular weight excluding hydrogens is 432 g/mol. The van der Waals surface area contributed by atoms with Crippen molar-refractivity contribution in [3.05, 3.63) is 107 Å². The van der Waals surface area contributed by atoms with Gasteiger partial charge in [-0.1, -0.05) is 48.0 Å². The Morgan fingerprint density at radius 1 is 0.970 bits per heavy atom. The summed E-state index contributed by atoms with van der Waals surface area (Å²) in [5, 5.41) is 3.01. The van der Waals surface area contributed by atoms with E-state index in [1.165, 1.54) is 0 Å². The Bertz CT molecular complexity index is 1260. The first-order chi connectivity index (χ1) is 15.9. The van der Waals surface area contributed by atoms with E-state index in [1.807, 2.05) is 87.5 Å². The highest BCUT2D eigenvalue weighted by molar-refractivity contribution is 7.84. The summed E-state index contributed by atoms with van der Waals surface area (Å²) in [7, 11) is -1.20. The smallest absolute Gasteiger partial charge is 0.251 e. The summed E-state index contributed by atoms with van der Waals surface area (Å²) in [6.45, 7) is 5.78. The van der Waals surface area contributed by atoms with Gasteiger partial charge >= 0.3 is 0 Å². The Hall–Kier alpha value is -3.51. The van der Waals surface area contributed by atoms with Gasteiger partial charge in [0.15, 0.2) is 0 Å². The van der Waals surface area contributed by atoms with Gasteiger partial charge in [0, 0.05) is 16.0 Å². The van der Waals surface area contributed by atoms with E-state index in [9.17, 15) is 9.00 Å². The van der Waals surface area contributed by atoms with Crippen LogP contribution in [-0.4, -0.2) is 15.1 Å². The molecule has 2 atom stereocenters. The molecule has 0 unspecified atom stereocenters. The van der Waals surface area contributed by atoms with Gasteiger partial charge in [-0.15, -0.1) is 0 Å². The lowest BCUT2D eigenvalue weighted by molar-refractivity contribution is 0.0940. The second-order valence-electron chi connectivity index (χ2n) is 8.01. The monoisotopic (exact) mass is 458 g/mol. The molecule has 4 aromatic rings. The predicted molar refractivity (Wildman–Crippen MR) is 130 cm³/mol. The van der Waals surface area contributed by atoms with Crippen LogP contribution in [0.25, 0.3) is 11.5 Å². The molecule has 1 N–H and O–H groups in total. The van der Waals surface area contributed by atoms with E-state index in [2.05, 4.69) is 10.3 Å². The minimum Gasteiger partial charge on any atom is -0.441 e. The first-order valence-electron chi connectivity index (χ1n) is 10.8. The summed E-state index contributed by atoms with van der Waals surface area (Å²) >= 11 is 0. The number of carbonyl (C=O) groups is 1. The highest BCUT2D eigenvalue weighted by atomic mass is 32.2. The Morgan fingerprint density at radius 2 is 1.64 bits per heavy atom. The lowest BCUT2D eigenvalue weighted by Gasteiger charge is -2.14. The van der Waals surface area contributed by atoms with Gasteiger partial charge in [0.25, 0.3) is 5.91 Å². The summed E-state index contributed by atoms with van der Waals surface area (Å²) in [5.74, 6) is 1.24. The van der Waals surface area contributed by atoms with Crippen molar-refractivity contribution in [2.24, 2.45) is 0 Å². The molecule has 168 valence electrons. The fourth-order valence-electron chi connectivity index (χ4n) is 3.45. The van der Waals surface area contributed by atoms with E-state index in [0.29, 0.717) is 22.9 Å². The molecule has 0 saturated heterocycles. The van der Waals surface area contributed by atoms with Crippen LogP contribution in [0.1, 0.15) is 45.9 Å². The third-order valence-electron chi connectivity index (χ3n) is 5.49. The number of oxazole rings is 1. The zero-order valence-electron chi connectivity index (χ0n) is 18.9. The van der Waals surface area contributed by atoms with E-state index >= 15 is 0 Å². The van der Waals surface area contributed by atoms with Crippen molar-refractivity contribution in [2.45, 2.75) is 37.5 Å². The number of nitrogens with one attached hydrogen (secondary N) is 1. The van der Waals surface area contributed by atoms with Gasteiger partial charge in [-0.2, -0.15) is 0 Å². The van der Waals surface area contributed by atoms with Crippen LogP contribution in [0.3, 0.4) is 0 Å². The van der Waals surface area contributed by atoms with Gasteiger partial charge < -0.3 is 9.73 Å². The van der Waals surface area contributed by atoms with Crippen LogP contribution in [0, 0.1) is 13.8 Å². The maximum absolute atomic E-state index is 12.7. The standard InChI is InChI=1S/C27H26N2O3S/c1-18-9-15-24(16-10-18)33(31)17-25-20(3)32-27(29-25)23-13-11-22(12-14-23)26(30)28-19(2)21-7-5-4-6-8-21/h4-16,19H,17H2,1-3H3,(H,28,30)/t19-,33+/m1/s1. The van der Waals surface area contributed by atoms with E-state index in [4.69, 9.17) is 4.42 Å². The molecule has 5 nitrogen and oxygen atoms in total. The number of hydrogen-bond donors (Lipinski definition) is 1. The topological polar surface area (TPSA) is 72.2 Å².